The van der Waals surface area contributed by atoms with Gasteiger partial charge in [-0.3, -0.25) is 14.5 Å². The van der Waals surface area contributed by atoms with Gasteiger partial charge in [0.1, 0.15) is 0 Å². The number of nitrogens with zero attached hydrogens (tertiary/aromatic N) is 2. The van der Waals surface area contributed by atoms with Crippen LogP contribution in [-0.2, 0) is 14.3 Å². The van der Waals surface area contributed by atoms with Crippen LogP contribution in [0.15, 0.2) is 12.2 Å². The molecule has 2 saturated heterocycles. The van der Waals surface area contributed by atoms with Gasteiger partial charge < -0.3 is 15.0 Å². The van der Waals surface area contributed by atoms with Crippen LogP contribution in [0.25, 0.3) is 0 Å². The molecule has 0 bridgehead atoms. The predicted octanol–water partition coefficient (Wildman–Crippen LogP) is 1.56. The second kappa shape index (κ2) is 9.51. The molecule has 1 atom stereocenters. The number of likely N-dealkylation sites (tertiary alicyclic amines) is 1. The lowest BCUT2D eigenvalue weighted by atomic mass is 9.98. The van der Waals surface area contributed by atoms with Crippen molar-refractivity contribution in [2.75, 3.05) is 39.4 Å². The highest BCUT2D eigenvalue weighted by Gasteiger charge is 2.32. The molecule has 0 radical (unpaired) electrons. The summed E-state index contributed by atoms with van der Waals surface area (Å²) in [6.45, 7) is 6.51. The van der Waals surface area contributed by atoms with Crippen molar-refractivity contribution in [1.29, 1.82) is 0 Å². The van der Waals surface area contributed by atoms with E-state index in [4.69, 9.17) is 4.74 Å². The number of allylic oxidation sites excluding steroid dienone is 2. The summed E-state index contributed by atoms with van der Waals surface area (Å²) < 4.78 is 5.54. The molecule has 3 aliphatic rings. The highest BCUT2D eigenvalue weighted by molar-refractivity contribution is 5.79. The lowest BCUT2D eigenvalue weighted by Gasteiger charge is -2.44. The normalized spacial score (nSPS) is 25.0. The van der Waals surface area contributed by atoms with Crippen molar-refractivity contribution in [2.24, 2.45) is 5.92 Å². The fraction of sp³-hybridized carbons (Fsp3) is 0.800. The van der Waals surface area contributed by atoms with Crippen molar-refractivity contribution < 1.29 is 14.3 Å². The van der Waals surface area contributed by atoms with E-state index in [2.05, 4.69) is 22.4 Å². The van der Waals surface area contributed by atoms with Gasteiger partial charge in [0.25, 0.3) is 0 Å². The third-order valence-corrected chi connectivity index (χ3v) is 6.02. The highest BCUT2D eigenvalue weighted by Crippen LogP contribution is 2.23. The fourth-order valence-corrected chi connectivity index (χ4v) is 4.48. The first-order valence-corrected chi connectivity index (χ1v) is 10.2. The van der Waals surface area contributed by atoms with E-state index in [1.54, 1.807) is 6.92 Å². The Morgan fingerprint density at radius 3 is 2.58 bits per heavy atom. The maximum Gasteiger partial charge on any atom is 0.223 e. The Kier molecular flexibility index (Phi) is 7.08. The maximum atomic E-state index is 12.3. The summed E-state index contributed by atoms with van der Waals surface area (Å²) >= 11 is 0. The summed E-state index contributed by atoms with van der Waals surface area (Å²) in [6, 6.07) is 0.881. The first-order chi connectivity index (χ1) is 12.6. The maximum absolute atomic E-state index is 12.3. The fourth-order valence-electron chi connectivity index (χ4n) is 4.48. The minimum absolute atomic E-state index is 0.120. The summed E-state index contributed by atoms with van der Waals surface area (Å²) in [5.41, 5.74) is 0. The van der Waals surface area contributed by atoms with E-state index in [1.165, 1.54) is 0 Å². The SMILES string of the molecule is CC(=O)N1CCCC(N(CCNC(=O)C2CC=CC2)C2CCOCC2)C1. The Morgan fingerprint density at radius 1 is 1.15 bits per heavy atom. The number of hydrogen-bond donors (Lipinski definition) is 1. The number of hydrogen-bond acceptors (Lipinski definition) is 4. The molecule has 2 amide bonds. The quantitative estimate of drug-likeness (QED) is 0.728. The van der Waals surface area contributed by atoms with Crippen LogP contribution in [0, 0.1) is 5.92 Å². The molecular formula is C20H33N3O3. The molecule has 1 aliphatic carbocycles. The van der Waals surface area contributed by atoms with Crippen LogP contribution in [0.5, 0.6) is 0 Å². The van der Waals surface area contributed by atoms with Crippen LogP contribution in [0.3, 0.4) is 0 Å². The molecule has 1 N–H and O–H groups in total. The molecule has 0 aromatic rings. The van der Waals surface area contributed by atoms with Gasteiger partial charge in [0, 0.05) is 64.3 Å². The molecule has 6 heteroatoms. The number of carbonyl (C=O) groups is 2. The number of nitrogens with one attached hydrogen (secondary N) is 1. The second-order valence-corrected chi connectivity index (χ2v) is 7.77. The molecule has 146 valence electrons. The molecule has 2 aliphatic heterocycles. The molecule has 3 rings (SSSR count). The molecular weight excluding hydrogens is 330 g/mol. The molecule has 1 unspecified atom stereocenters. The summed E-state index contributed by atoms with van der Waals surface area (Å²) in [4.78, 5) is 28.6. The topological polar surface area (TPSA) is 61.9 Å². The van der Waals surface area contributed by atoms with Crippen LogP contribution < -0.4 is 5.32 Å². The molecule has 2 fully saturated rings. The van der Waals surface area contributed by atoms with Gasteiger partial charge in [0.05, 0.1) is 0 Å². The molecule has 2 heterocycles. The van der Waals surface area contributed by atoms with Crippen molar-refractivity contribution in [3.63, 3.8) is 0 Å². The zero-order valence-corrected chi connectivity index (χ0v) is 16.0. The lowest BCUT2D eigenvalue weighted by Crippen LogP contribution is -2.55. The Bertz CT molecular complexity index is 508. The van der Waals surface area contributed by atoms with Crippen molar-refractivity contribution in [2.45, 2.75) is 57.5 Å². The van der Waals surface area contributed by atoms with Gasteiger partial charge in [0.15, 0.2) is 0 Å². The molecule has 0 aromatic heterocycles. The van der Waals surface area contributed by atoms with E-state index >= 15 is 0 Å². The van der Waals surface area contributed by atoms with E-state index < -0.39 is 0 Å². The summed E-state index contributed by atoms with van der Waals surface area (Å²) in [6.07, 6.45) is 10.2. The summed E-state index contributed by atoms with van der Waals surface area (Å²) in [7, 11) is 0. The summed E-state index contributed by atoms with van der Waals surface area (Å²) in [5, 5.41) is 3.13. The molecule has 6 nitrogen and oxygen atoms in total. The number of carbonyl (C=O) groups excluding carboxylic acids is 2. The minimum Gasteiger partial charge on any atom is -0.381 e. The van der Waals surface area contributed by atoms with Gasteiger partial charge in [-0.25, -0.2) is 0 Å². The van der Waals surface area contributed by atoms with Crippen LogP contribution >= 0.6 is 0 Å². The van der Waals surface area contributed by atoms with Gasteiger partial charge in [-0.1, -0.05) is 12.2 Å². The molecule has 0 saturated carbocycles. The van der Waals surface area contributed by atoms with Gasteiger partial charge in [-0.2, -0.15) is 0 Å². The average molecular weight is 364 g/mol. The third-order valence-electron chi connectivity index (χ3n) is 6.02. The van der Waals surface area contributed by atoms with Crippen LogP contribution in [0.2, 0.25) is 0 Å². The van der Waals surface area contributed by atoms with Crippen molar-refractivity contribution >= 4 is 11.8 Å². The zero-order valence-electron chi connectivity index (χ0n) is 16.0. The number of amides is 2. The largest absolute Gasteiger partial charge is 0.381 e. The second-order valence-electron chi connectivity index (χ2n) is 7.77. The molecule has 0 aromatic carbocycles. The van der Waals surface area contributed by atoms with Gasteiger partial charge in [0.2, 0.25) is 11.8 Å². The predicted molar refractivity (Wildman–Crippen MR) is 101 cm³/mol. The van der Waals surface area contributed by atoms with E-state index in [-0.39, 0.29) is 17.7 Å². The summed E-state index contributed by atoms with van der Waals surface area (Å²) in [5.74, 6) is 0.467. The Morgan fingerprint density at radius 2 is 1.88 bits per heavy atom. The van der Waals surface area contributed by atoms with E-state index in [9.17, 15) is 9.59 Å². The zero-order chi connectivity index (χ0) is 18.4. The van der Waals surface area contributed by atoms with E-state index in [1.807, 2.05) is 4.90 Å². The third kappa shape index (κ3) is 5.07. The first-order valence-electron chi connectivity index (χ1n) is 10.2. The number of ether oxygens (including phenoxy) is 1. The number of piperidine rings is 1. The monoisotopic (exact) mass is 363 g/mol. The van der Waals surface area contributed by atoms with E-state index in [0.29, 0.717) is 18.6 Å². The lowest BCUT2D eigenvalue weighted by molar-refractivity contribution is -0.131. The molecule has 26 heavy (non-hydrogen) atoms. The Hall–Kier alpha value is -1.40. The van der Waals surface area contributed by atoms with Crippen molar-refractivity contribution in [1.82, 2.24) is 15.1 Å². The van der Waals surface area contributed by atoms with Crippen LogP contribution in [0.1, 0.15) is 45.4 Å². The smallest absolute Gasteiger partial charge is 0.223 e. The van der Waals surface area contributed by atoms with Gasteiger partial charge in [-0.15, -0.1) is 0 Å². The van der Waals surface area contributed by atoms with Crippen molar-refractivity contribution in [3.05, 3.63) is 12.2 Å². The average Bonchev–Trinajstić information content (AvgIpc) is 3.21. The minimum atomic E-state index is 0.120. The standard InChI is InChI=1S/C20H33N3O3/c1-16(24)22-11-4-7-19(15-22)23(18-8-13-26-14-9-18)12-10-21-20(25)17-5-2-3-6-17/h2-3,17-19H,4-15H2,1H3,(H,21,25). The van der Waals surface area contributed by atoms with Gasteiger partial charge >= 0.3 is 0 Å². The van der Waals surface area contributed by atoms with Crippen LogP contribution in [-0.4, -0.2) is 73.1 Å². The Balaban J connectivity index is 1.55. The van der Waals surface area contributed by atoms with Gasteiger partial charge in [-0.05, 0) is 38.5 Å². The van der Waals surface area contributed by atoms with Crippen molar-refractivity contribution in [3.8, 4) is 0 Å². The highest BCUT2D eigenvalue weighted by atomic mass is 16.5. The Labute approximate surface area is 156 Å². The molecule has 0 spiro atoms. The first kappa shape index (κ1) is 19.4. The van der Waals surface area contributed by atoms with E-state index in [0.717, 1.165) is 71.4 Å². The number of rotatable bonds is 6. The van der Waals surface area contributed by atoms with Crippen LogP contribution in [0.4, 0.5) is 0 Å².